The summed E-state index contributed by atoms with van der Waals surface area (Å²) in [5, 5.41) is 6.38. The molecule has 0 spiro atoms. The number of halogens is 1. The maximum atomic E-state index is 13.0. The minimum absolute atomic E-state index is 0.0168. The van der Waals surface area contributed by atoms with Gasteiger partial charge in [0.1, 0.15) is 23.4 Å². The summed E-state index contributed by atoms with van der Waals surface area (Å²) in [5.41, 5.74) is 0.790. The molecule has 9 nitrogen and oxygen atoms in total. The first-order chi connectivity index (χ1) is 16.3. The quantitative estimate of drug-likeness (QED) is 0.529. The number of nitrogens with one attached hydrogen (secondary N) is 2. The number of nitrogens with zero attached hydrogens (tertiary/aromatic N) is 4. The van der Waals surface area contributed by atoms with E-state index < -0.39 is 0 Å². The maximum Gasteiger partial charge on any atom is 0.273 e. The molecule has 2 aromatic heterocycles. The maximum absolute atomic E-state index is 13.0. The second-order valence-corrected chi connectivity index (χ2v) is 9.63. The van der Waals surface area contributed by atoms with Crippen molar-refractivity contribution in [3.8, 4) is 0 Å². The molecule has 0 aliphatic carbocycles. The van der Waals surface area contributed by atoms with E-state index in [2.05, 4.69) is 25.5 Å². The zero-order valence-corrected chi connectivity index (χ0v) is 19.9. The Morgan fingerprint density at radius 1 is 1.21 bits per heavy atom. The van der Waals surface area contributed by atoms with E-state index in [1.807, 2.05) is 13.8 Å². The van der Waals surface area contributed by atoms with Crippen LogP contribution in [0.25, 0.3) is 10.3 Å². The number of piperidine rings is 1. The third-order valence-corrected chi connectivity index (χ3v) is 6.75. The molecular weight excluding hydrogens is 459 g/mol. The number of anilines is 1. The van der Waals surface area contributed by atoms with Gasteiger partial charge in [0.05, 0.1) is 0 Å². The Morgan fingerprint density at radius 3 is 2.59 bits per heavy atom. The Labute approximate surface area is 200 Å². The van der Waals surface area contributed by atoms with Crippen LogP contribution in [0.15, 0.2) is 35.4 Å². The Hall–Kier alpha value is -3.34. The lowest BCUT2D eigenvalue weighted by atomic mass is 9.96. The predicted molar refractivity (Wildman–Crippen MR) is 128 cm³/mol. The fourth-order valence-electron chi connectivity index (χ4n) is 3.83. The van der Waals surface area contributed by atoms with Gasteiger partial charge in [0.2, 0.25) is 11.8 Å². The first-order valence-electron chi connectivity index (χ1n) is 11.2. The highest BCUT2D eigenvalue weighted by atomic mass is 32.1. The van der Waals surface area contributed by atoms with Gasteiger partial charge in [-0.25, -0.2) is 9.37 Å². The van der Waals surface area contributed by atoms with E-state index in [-0.39, 0.29) is 48.2 Å². The minimum atomic E-state index is -0.348. The van der Waals surface area contributed by atoms with E-state index in [1.165, 1.54) is 34.4 Å². The lowest BCUT2D eigenvalue weighted by molar-refractivity contribution is -0.126. The number of rotatable bonds is 7. The number of aromatic nitrogens is 3. The third kappa shape index (κ3) is 5.58. The number of fused-ring (bicyclic) bond motifs is 1. The fraction of sp³-hybridized carbons (Fsp3) is 0.435. The topological polar surface area (TPSA) is 109 Å². The molecule has 0 bridgehead atoms. The number of carbonyl (C=O) groups excluding carboxylic acids is 2. The molecule has 1 saturated heterocycles. The van der Waals surface area contributed by atoms with Crippen molar-refractivity contribution in [2.75, 3.05) is 18.0 Å². The number of benzene rings is 1. The van der Waals surface area contributed by atoms with Gasteiger partial charge >= 0.3 is 0 Å². The molecule has 34 heavy (non-hydrogen) atoms. The Bertz CT molecular complexity index is 1230. The lowest BCUT2D eigenvalue weighted by Crippen LogP contribution is -2.42. The van der Waals surface area contributed by atoms with Crippen LogP contribution in [0.5, 0.6) is 0 Å². The summed E-state index contributed by atoms with van der Waals surface area (Å²) in [6, 6.07) is 5.96. The summed E-state index contributed by atoms with van der Waals surface area (Å²) in [5.74, 6) is -0.622. The Morgan fingerprint density at radius 2 is 1.91 bits per heavy atom. The van der Waals surface area contributed by atoms with E-state index in [0.29, 0.717) is 28.6 Å². The number of hydrogen-bond acceptors (Lipinski definition) is 7. The Balaban J connectivity index is 1.38. The standard InChI is InChI=1S/C23H27FN6O3S/c1-14(2)27-21(32)16-7-9-29(10-8-16)23-28-20-19(34-23)22(33)30(13-26-20)12-18(31)25-11-15-3-5-17(24)6-4-15/h3-6,13-14,16H,7-12H2,1-2H3,(H,25,31)(H,27,32). The number of thiazole rings is 1. The van der Waals surface area contributed by atoms with Gasteiger partial charge in [0, 0.05) is 31.6 Å². The van der Waals surface area contributed by atoms with Gasteiger partial charge in [0.25, 0.3) is 5.56 Å². The van der Waals surface area contributed by atoms with Crippen LogP contribution in [0.2, 0.25) is 0 Å². The third-order valence-electron chi connectivity index (χ3n) is 5.66. The van der Waals surface area contributed by atoms with Gasteiger partial charge in [-0.05, 0) is 44.4 Å². The van der Waals surface area contributed by atoms with Crippen molar-refractivity contribution >= 4 is 38.6 Å². The molecule has 2 amide bonds. The molecule has 0 atom stereocenters. The fourth-order valence-corrected chi connectivity index (χ4v) is 4.85. The van der Waals surface area contributed by atoms with E-state index in [1.54, 1.807) is 12.1 Å². The van der Waals surface area contributed by atoms with E-state index in [9.17, 15) is 18.8 Å². The van der Waals surface area contributed by atoms with Crippen LogP contribution in [0.3, 0.4) is 0 Å². The van der Waals surface area contributed by atoms with Crippen LogP contribution in [-0.2, 0) is 22.7 Å². The largest absolute Gasteiger partial charge is 0.354 e. The molecule has 1 fully saturated rings. The number of hydrogen-bond donors (Lipinski definition) is 2. The second kappa shape index (κ2) is 10.3. The molecule has 1 aromatic carbocycles. The number of carbonyl (C=O) groups is 2. The highest BCUT2D eigenvalue weighted by Crippen LogP contribution is 2.29. The van der Waals surface area contributed by atoms with Crippen molar-refractivity contribution in [1.29, 1.82) is 0 Å². The molecule has 3 heterocycles. The zero-order valence-electron chi connectivity index (χ0n) is 19.1. The van der Waals surface area contributed by atoms with Crippen LogP contribution in [-0.4, -0.2) is 45.5 Å². The molecule has 0 radical (unpaired) electrons. The van der Waals surface area contributed by atoms with Gasteiger partial charge in [0.15, 0.2) is 10.8 Å². The van der Waals surface area contributed by atoms with Crippen molar-refractivity contribution in [2.45, 2.75) is 45.8 Å². The molecule has 1 aliphatic rings. The lowest BCUT2D eigenvalue weighted by Gasteiger charge is -2.31. The van der Waals surface area contributed by atoms with Gasteiger partial charge in [-0.1, -0.05) is 23.5 Å². The molecule has 180 valence electrons. The molecule has 1 aliphatic heterocycles. The molecule has 0 unspecified atom stereocenters. The van der Waals surface area contributed by atoms with Crippen molar-refractivity contribution < 1.29 is 14.0 Å². The van der Waals surface area contributed by atoms with Crippen molar-refractivity contribution in [3.05, 3.63) is 52.3 Å². The first kappa shape index (κ1) is 23.8. The van der Waals surface area contributed by atoms with Gasteiger partial charge in [-0.3, -0.25) is 19.0 Å². The number of amides is 2. The van der Waals surface area contributed by atoms with Crippen molar-refractivity contribution in [3.63, 3.8) is 0 Å². The van der Waals surface area contributed by atoms with Crippen molar-refractivity contribution in [1.82, 2.24) is 25.2 Å². The van der Waals surface area contributed by atoms with Crippen molar-refractivity contribution in [2.24, 2.45) is 5.92 Å². The van der Waals surface area contributed by atoms with E-state index in [0.717, 1.165) is 18.4 Å². The predicted octanol–water partition coefficient (Wildman–Crippen LogP) is 2.05. The Kier molecular flexibility index (Phi) is 7.20. The van der Waals surface area contributed by atoms with E-state index >= 15 is 0 Å². The van der Waals surface area contributed by atoms with Crippen LogP contribution < -0.4 is 21.1 Å². The monoisotopic (exact) mass is 486 g/mol. The summed E-state index contributed by atoms with van der Waals surface area (Å²) in [6.45, 7) is 5.31. The molecule has 2 N–H and O–H groups in total. The van der Waals surface area contributed by atoms with Crippen LogP contribution in [0, 0.1) is 11.7 Å². The normalized spacial score (nSPS) is 14.5. The second-order valence-electron chi connectivity index (χ2n) is 8.65. The highest BCUT2D eigenvalue weighted by molar-refractivity contribution is 7.22. The average Bonchev–Trinajstić information content (AvgIpc) is 3.25. The molecular formula is C23H27FN6O3S. The van der Waals surface area contributed by atoms with Gasteiger partial charge in [-0.15, -0.1) is 0 Å². The molecule has 3 aromatic rings. The van der Waals surface area contributed by atoms with Crippen LogP contribution in [0.1, 0.15) is 32.3 Å². The molecule has 11 heteroatoms. The zero-order chi connectivity index (χ0) is 24.2. The van der Waals surface area contributed by atoms with Gasteiger partial charge in [-0.2, -0.15) is 4.98 Å². The first-order valence-corrected chi connectivity index (χ1v) is 12.0. The molecule has 4 rings (SSSR count). The summed E-state index contributed by atoms with van der Waals surface area (Å²) in [4.78, 5) is 48.3. The summed E-state index contributed by atoms with van der Waals surface area (Å²) < 4.78 is 14.6. The van der Waals surface area contributed by atoms with Crippen LogP contribution in [0.4, 0.5) is 9.52 Å². The van der Waals surface area contributed by atoms with Gasteiger partial charge < -0.3 is 15.5 Å². The summed E-state index contributed by atoms with van der Waals surface area (Å²) >= 11 is 1.25. The summed E-state index contributed by atoms with van der Waals surface area (Å²) in [6.07, 6.45) is 2.77. The van der Waals surface area contributed by atoms with Crippen LogP contribution >= 0.6 is 11.3 Å². The average molecular weight is 487 g/mol. The van der Waals surface area contributed by atoms with E-state index in [4.69, 9.17) is 0 Å². The SMILES string of the molecule is CC(C)NC(=O)C1CCN(c2nc3ncn(CC(=O)NCc4ccc(F)cc4)c(=O)c3s2)CC1. The minimum Gasteiger partial charge on any atom is -0.354 e. The smallest absolute Gasteiger partial charge is 0.273 e. The molecule has 0 saturated carbocycles. The highest BCUT2D eigenvalue weighted by Gasteiger charge is 2.27. The summed E-state index contributed by atoms with van der Waals surface area (Å²) in [7, 11) is 0.